The number of hydrogen-bond acceptors (Lipinski definition) is 6. The van der Waals surface area contributed by atoms with Crippen molar-refractivity contribution in [3.8, 4) is 0 Å². The number of nitrogens with zero attached hydrogens (tertiary/aromatic N) is 3. The van der Waals surface area contributed by atoms with E-state index in [1.165, 1.54) is 24.4 Å². The molecule has 1 unspecified atom stereocenters. The van der Waals surface area contributed by atoms with Crippen LogP contribution in [0.15, 0.2) is 54.7 Å². The summed E-state index contributed by atoms with van der Waals surface area (Å²) in [5.41, 5.74) is 4.73. The van der Waals surface area contributed by atoms with Crippen LogP contribution < -0.4 is 16.0 Å². The molecule has 32 heavy (non-hydrogen) atoms. The quantitative estimate of drug-likeness (QED) is 0.569. The number of piperazine rings is 1. The summed E-state index contributed by atoms with van der Waals surface area (Å²) in [6, 6.07) is 12.2. The number of anilines is 2. The highest BCUT2D eigenvalue weighted by atomic mass is 35.5. The second-order valence-electron chi connectivity index (χ2n) is 7.34. The Morgan fingerprint density at radius 1 is 1.19 bits per heavy atom. The molecule has 1 aliphatic rings. The zero-order chi connectivity index (χ0) is 22.9. The average Bonchev–Trinajstić information content (AvgIpc) is 2.78. The van der Waals surface area contributed by atoms with Gasteiger partial charge in [0.2, 0.25) is 5.78 Å². The van der Waals surface area contributed by atoms with Gasteiger partial charge in [0.1, 0.15) is 17.3 Å². The lowest BCUT2D eigenvalue weighted by atomic mass is 10.0. The fraction of sp³-hybridized carbons (Fsp3) is 0.227. The summed E-state index contributed by atoms with van der Waals surface area (Å²) in [7, 11) is 0. The summed E-state index contributed by atoms with van der Waals surface area (Å²) in [5.74, 6) is -0.801. The van der Waals surface area contributed by atoms with Crippen molar-refractivity contribution in [2.75, 3.05) is 30.3 Å². The van der Waals surface area contributed by atoms with Gasteiger partial charge in [-0.3, -0.25) is 4.79 Å². The predicted octanol–water partition coefficient (Wildman–Crippen LogP) is 4.11. The maximum Gasteiger partial charge on any atom is 0.418 e. The number of alkyl halides is 3. The number of nitrogens with two attached hydrogens (primary N) is 1. The van der Waals surface area contributed by atoms with Crippen LogP contribution in [0, 0.1) is 0 Å². The van der Waals surface area contributed by atoms with Gasteiger partial charge in [0, 0.05) is 36.9 Å². The molecule has 1 aliphatic heterocycles. The lowest BCUT2D eigenvalue weighted by Gasteiger charge is -2.35. The van der Waals surface area contributed by atoms with Crippen molar-refractivity contribution in [3.63, 3.8) is 0 Å². The first-order valence-corrected chi connectivity index (χ1v) is 10.2. The molecule has 1 atom stereocenters. The molecule has 1 saturated heterocycles. The number of aromatic nitrogens is 2. The van der Waals surface area contributed by atoms with E-state index >= 15 is 0 Å². The van der Waals surface area contributed by atoms with E-state index in [1.54, 1.807) is 6.07 Å². The number of ketones is 1. The summed E-state index contributed by atoms with van der Waals surface area (Å²) in [6.45, 7) is 1.54. The van der Waals surface area contributed by atoms with Gasteiger partial charge < -0.3 is 16.0 Å². The molecule has 4 rings (SSSR count). The minimum atomic E-state index is -4.75. The van der Waals surface area contributed by atoms with Crippen LogP contribution in [0.5, 0.6) is 0 Å². The van der Waals surface area contributed by atoms with E-state index in [1.807, 2.05) is 23.1 Å². The number of carbonyl (C=O) groups excluding carboxylic acids is 1. The van der Waals surface area contributed by atoms with Crippen LogP contribution >= 0.6 is 11.6 Å². The van der Waals surface area contributed by atoms with E-state index in [2.05, 4.69) is 15.3 Å². The normalized spacial score (nSPS) is 16.8. The number of benzene rings is 1. The maximum atomic E-state index is 13.6. The van der Waals surface area contributed by atoms with Gasteiger partial charge in [0.05, 0.1) is 11.1 Å². The minimum Gasteiger partial charge on any atom is -0.383 e. The van der Waals surface area contributed by atoms with Gasteiger partial charge >= 0.3 is 6.18 Å². The van der Waals surface area contributed by atoms with E-state index < -0.39 is 23.2 Å². The topological polar surface area (TPSA) is 84.1 Å². The van der Waals surface area contributed by atoms with Crippen LogP contribution in [0.1, 0.15) is 33.2 Å². The fourth-order valence-corrected chi connectivity index (χ4v) is 3.87. The second-order valence-corrected chi connectivity index (χ2v) is 7.77. The molecule has 3 aromatic rings. The molecule has 6 nitrogen and oxygen atoms in total. The van der Waals surface area contributed by atoms with E-state index in [0.717, 1.165) is 11.6 Å². The molecule has 1 aromatic carbocycles. The first-order valence-electron chi connectivity index (χ1n) is 9.81. The van der Waals surface area contributed by atoms with E-state index in [-0.39, 0.29) is 23.2 Å². The number of nitrogens with one attached hydrogen (secondary N) is 1. The van der Waals surface area contributed by atoms with Crippen LogP contribution in [0.25, 0.3) is 0 Å². The highest BCUT2D eigenvalue weighted by molar-refractivity contribution is 6.30. The van der Waals surface area contributed by atoms with Crippen molar-refractivity contribution in [1.82, 2.24) is 15.3 Å². The molecule has 0 saturated carbocycles. The number of nitrogen functional groups attached to an aromatic ring is 1. The Balaban J connectivity index is 1.70. The van der Waals surface area contributed by atoms with Crippen LogP contribution in [-0.4, -0.2) is 35.4 Å². The molecule has 0 radical (unpaired) electrons. The number of halogens is 4. The van der Waals surface area contributed by atoms with Gasteiger partial charge in [-0.05, 0) is 42.0 Å². The molecule has 166 valence electrons. The molecule has 3 heterocycles. The average molecular weight is 462 g/mol. The Morgan fingerprint density at radius 2 is 2.00 bits per heavy atom. The van der Waals surface area contributed by atoms with Gasteiger partial charge in [0.15, 0.2) is 0 Å². The van der Waals surface area contributed by atoms with Crippen LogP contribution in [-0.2, 0) is 6.18 Å². The Morgan fingerprint density at radius 3 is 2.72 bits per heavy atom. The first-order chi connectivity index (χ1) is 15.2. The molecule has 10 heteroatoms. The smallest absolute Gasteiger partial charge is 0.383 e. The zero-order valence-electron chi connectivity index (χ0n) is 16.7. The molecular weight excluding hydrogens is 443 g/mol. The molecule has 0 spiro atoms. The monoisotopic (exact) mass is 461 g/mol. The summed E-state index contributed by atoms with van der Waals surface area (Å²) >= 11 is 6.09. The lowest BCUT2D eigenvalue weighted by Crippen LogP contribution is -2.46. The first kappa shape index (κ1) is 22.0. The number of rotatable bonds is 4. The fourth-order valence-electron chi connectivity index (χ4n) is 3.67. The molecule has 0 bridgehead atoms. The van der Waals surface area contributed by atoms with Crippen molar-refractivity contribution in [2.24, 2.45) is 0 Å². The molecule has 2 aromatic heterocycles. The van der Waals surface area contributed by atoms with Crippen LogP contribution in [0.3, 0.4) is 0 Å². The minimum absolute atomic E-state index is 0.0975. The van der Waals surface area contributed by atoms with Gasteiger partial charge in [-0.1, -0.05) is 23.7 Å². The largest absolute Gasteiger partial charge is 0.418 e. The molecule has 0 amide bonds. The van der Waals surface area contributed by atoms with Crippen LogP contribution in [0.4, 0.5) is 24.8 Å². The van der Waals surface area contributed by atoms with E-state index in [4.69, 9.17) is 17.3 Å². The van der Waals surface area contributed by atoms with Crippen molar-refractivity contribution in [2.45, 2.75) is 12.2 Å². The third-order valence-electron chi connectivity index (χ3n) is 5.23. The Hall–Kier alpha value is -3.17. The molecule has 1 fully saturated rings. The third kappa shape index (κ3) is 4.53. The van der Waals surface area contributed by atoms with E-state index in [0.29, 0.717) is 24.7 Å². The maximum absolute atomic E-state index is 13.6. The Bertz CT molecular complexity index is 1150. The zero-order valence-corrected chi connectivity index (χ0v) is 17.5. The highest BCUT2D eigenvalue weighted by Gasteiger charge is 2.37. The number of carbonyl (C=O) groups is 1. The summed E-state index contributed by atoms with van der Waals surface area (Å²) in [6.07, 6.45) is -3.39. The Labute approximate surface area is 187 Å². The summed E-state index contributed by atoms with van der Waals surface area (Å²) in [5, 5.41) is 3.96. The van der Waals surface area contributed by atoms with Crippen molar-refractivity contribution < 1.29 is 18.0 Å². The predicted molar refractivity (Wildman–Crippen MR) is 116 cm³/mol. The van der Waals surface area contributed by atoms with Crippen LogP contribution in [0.2, 0.25) is 5.02 Å². The lowest BCUT2D eigenvalue weighted by molar-refractivity contribution is -0.138. The molecular formula is C22H19ClF3N5O. The van der Waals surface area contributed by atoms with Gasteiger partial charge in [-0.25, -0.2) is 9.97 Å². The van der Waals surface area contributed by atoms with Gasteiger partial charge in [0.25, 0.3) is 0 Å². The Kier molecular flexibility index (Phi) is 6.03. The summed E-state index contributed by atoms with van der Waals surface area (Å²) < 4.78 is 40.9. The molecule has 3 N–H and O–H groups in total. The third-order valence-corrected chi connectivity index (χ3v) is 5.47. The van der Waals surface area contributed by atoms with Crippen molar-refractivity contribution in [3.05, 3.63) is 82.1 Å². The summed E-state index contributed by atoms with van der Waals surface area (Å²) in [4.78, 5) is 22.7. The van der Waals surface area contributed by atoms with Gasteiger partial charge in [-0.15, -0.1) is 0 Å². The van der Waals surface area contributed by atoms with Gasteiger partial charge in [-0.2, -0.15) is 13.2 Å². The van der Waals surface area contributed by atoms with Crippen molar-refractivity contribution >= 4 is 29.0 Å². The van der Waals surface area contributed by atoms with E-state index in [9.17, 15) is 18.0 Å². The van der Waals surface area contributed by atoms with Crippen molar-refractivity contribution in [1.29, 1.82) is 0 Å². The second kappa shape index (κ2) is 8.76. The number of hydrogen-bond donors (Lipinski definition) is 2. The number of pyridine rings is 2. The molecule has 0 aliphatic carbocycles. The standard InChI is InChI=1S/C22H19ClF3N5O/c23-14-4-1-3-13(11-14)17-12-31(10-9-28-17)18-7-6-16(22(24,25)26)19(30-18)20(32)15-5-2-8-29-21(15)27/h1-8,11,17,28H,9-10,12H2,(H2,27,29). The SMILES string of the molecule is Nc1ncccc1C(=O)c1nc(N2CCNC(c3cccc(Cl)c3)C2)ccc1C(F)(F)F. The highest BCUT2D eigenvalue weighted by Crippen LogP contribution is 2.34.